The van der Waals surface area contributed by atoms with Gasteiger partial charge in [-0.05, 0) is 41.5 Å². The van der Waals surface area contributed by atoms with Gasteiger partial charge >= 0.3 is 0 Å². The first-order valence-electron chi connectivity index (χ1n) is 6.05. The molecule has 0 spiro atoms. The van der Waals surface area contributed by atoms with Crippen LogP contribution in [0.15, 0.2) is 0 Å². The summed E-state index contributed by atoms with van der Waals surface area (Å²) < 4.78 is 0. The summed E-state index contributed by atoms with van der Waals surface area (Å²) >= 11 is 0. The van der Waals surface area contributed by atoms with Gasteiger partial charge < -0.3 is 20.2 Å². The van der Waals surface area contributed by atoms with Crippen LogP contribution < -0.4 is 0 Å². The lowest BCUT2D eigenvalue weighted by molar-refractivity contribution is -0.127. The number of hydrogen-bond acceptors (Lipinski definition) is 5. The minimum atomic E-state index is -0.869. The van der Waals surface area contributed by atoms with Gasteiger partial charge in [0.25, 0.3) is 0 Å². The molecule has 0 aliphatic heterocycles. The van der Waals surface area contributed by atoms with Crippen LogP contribution in [0.1, 0.15) is 61.8 Å². The van der Waals surface area contributed by atoms with Crippen molar-refractivity contribution in [2.24, 2.45) is 5.92 Å². The fraction of sp³-hybridized carbons (Fsp3) is 0.786. The third kappa shape index (κ3) is 31.6. The largest absolute Gasteiger partial charge is 0.870 e. The first kappa shape index (κ1) is 26.5. The van der Waals surface area contributed by atoms with Crippen molar-refractivity contribution in [2.75, 3.05) is 0 Å². The van der Waals surface area contributed by atoms with Crippen molar-refractivity contribution >= 4 is 17.3 Å². The number of rotatable bonds is 3. The van der Waals surface area contributed by atoms with E-state index in [1.54, 1.807) is 27.7 Å². The molecular formula is C14H29O5-. The predicted molar refractivity (Wildman–Crippen MR) is 75.4 cm³/mol. The minimum Gasteiger partial charge on any atom is -0.870 e. The van der Waals surface area contributed by atoms with E-state index in [4.69, 9.17) is 0 Å². The van der Waals surface area contributed by atoms with Gasteiger partial charge in [0, 0.05) is 12.3 Å². The highest BCUT2D eigenvalue weighted by Crippen LogP contribution is 2.15. The van der Waals surface area contributed by atoms with E-state index in [9.17, 15) is 19.5 Å². The molecule has 0 heterocycles. The van der Waals surface area contributed by atoms with E-state index < -0.39 is 5.60 Å². The van der Waals surface area contributed by atoms with Crippen LogP contribution >= 0.6 is 0 Å². The molecule has 2 N–H and O–H groups in total. The third-order valence-corrected chi connectivity index (χ3v) is 2.17. The molecule has 5 heteroatoms. The molecule has 0 fully saturated rings. The molecule has 5 nitrogen and oxygen atoms in total. The Balaban J connectivity index is -0.0000000964. The van der Waals surface area contributed by atoms with E-state index in [1.165, 1.54) is 20.8 Å². The summed E-state index contributed by atoms with van der Waals surface area (Å²) in [5, 5.41) is 9.24. The molecule has 0 rings (SSSR count). The van der Waals surface area contributed by atoms with Gasteiger partial charge in [-0.2, -0.15) is 0 Å². The van der Waals surface area contributed by atoms with Gasteiger partial charge in [0.05, 0.1) is 5.60 Å². The molecule has 0 saturated carbocycles. The number of hydrogen-bond donors (Lipinski definition) is 1. The normalized spacial score (nSPS) is 10.6. The van der Waals surface area contributed by atoms with Crippen LogP contribution in [0.3, 0.4) is 0 Å². The molecule has 1 unspecified atom stereocenters. The van der Waals surface area contributed by atoms with Crippen molar-refractivity contribution < 1.29 is 25.0 Å². The number of carbonyl (C=O) groups excluding carboxylic acids is 3. The summed E-state index contributed by atoms with van der Waals surface area (Å²) in [7, 11) is 0. The summed E-state index contributed by atoms with van der Waals surface area (Å²) in [6.07, 6.45) is 0.667. The Morgan fingerprint density at radius 2 is 1.26 bits per heavy atom. The summed E-state index contributed by atoms with van der Waals surface area (Å²) in [4.78, 5) is 29.9. The second-order valence-corrected chi connectivity index (χ2v) is 4.95. The molecule has 0 radical (unpaired) electrons. The van der Waals surface area contributed by atoms with Crippen LogP contribution in [0.25, 0.3) is 0 Å². The topological polar surface area (TPSA) is 101 Å². The standard InChI is InChI=1S/C7H14O2.C4H8O.C3H6O.H2O/c1-5(6(2)8)7(3,4)9;1-3-4(2)5;1-3(2)4;/h5,9H,1-4H3;3H2,1-2H3;1-2H3;1H2/p-1. The highest BCUT2D eigenvalue weighted by molar-refractivity contribution is 5.78. The Morgan fingerprint density at radius 1 is 1.05 bits per heavy atom. The van der Waals surface area contributed by atoms with Crippen molar-refractivity contribution in [3.8, 4) is 0 Å². The Hall–Kier alpha value is -1.07. The lowest BCUT2D eigenvalue weighted by Gasteiger charge is -2.22. The van der Waals surface area contributed by atoms with E-state index in [2.05, 4.69) is 0 Å². The number of Topliss-reactive ketones (excluding diaryl/α,β-unsaturated/α-hetero) is 3. The molecule has 19 heavy (non-hydrogen) atoms. The second kappa shape index (κ2) is 13.4. The second-order valence-electron chi connectivity index (χ2n) is 4.95. The number of aliphatic hydroxyl groups is 1. The first-order chi connectivity index (χ1) is 7.86. The Kier molecular flexibility index (Phi) is 18.6. The van der Waals surface area contributed by atoms with Gasteiger partial charge in [-0.15, -0.1) is 0 Å². The van der Waals surface area contributed by atoms with Gasteiger partial charge in [-0.1, -0.05) is 13.8 Å². The van der Waals surface area contributed by atoms with Gasteiger partial charge in [0.2, 0.25) is 0 Å². The molecule has 0 aromatic heterocycles. The van der Waals surface area contributed by atoms with Crippen molar-refractivity contribution in [3.05, 3.63) is 0 Å². The summed E-state index contributed by atoms with van der Waals surface area (Å²) in [6.45, 7) is 13.0. The summed E-state index contributed by atoms with van der Waals surface area (Å²) in [5.41, 5.74) is -0.869. The molecule has 1 atom stereocenters. The van der Waals surface area contributed by atoms with E-state index in [-0.39, 0.29) is 28.7 Å². The summed E-state index contributed by atoms with van der Waals surface area (Å²) in [5.74, 6) is 0.185. The smallest absolute Gasteiger partial charge is 0.135 e. The average Bonchev–Trinajstić information content (AvgIpc) is 2.15. The average molecular weight is 277 g/mol. The SMILES string of the molecule is CC(=O)C(C)C(C)(C)O.CC(C)=O.CCC(C)=O.[OH-]. The quantitative estimate of drug-likeness (QED) is 0.853. The fourth-order valence-electron chi connectivity index (χ4n) is 0.497. The van der Waals surface area contributed by atoms with Gasteiger partial charge in [0.1, 0.15) is 17.3 Å². The van der Waals surface area contributed by atoms with Crippen LogP contribution in [-0.2, 0) is 14.4 Å². The minimum absolute atomic E-state index is 0. The predicted octanol–water partition coefficient (Wildman–Crippen LogP) is 2.39. The maximum atomic E-state index is 10.6. The van der Waals surface area contributed by atoms with Gasteiger partial charge in [0.15, 0.2) is 0 Å². The molecule has 0 bridgehead atoms. The molecule has 0 aliphatic carbocycles. The maximum Gasteiger partial charge on any atom is 0.135 e. The lowest BCUT2D eigenvalue weighted by atomic mass is 9.90. The molecule has 0 aliphatic rings. The Bertz CT molecular complexity index is 260. The van der Waals surface area contributed by atoms with E-state index in [1.807, 2.05) is 6.92 Å². The van der Waals surface area contributed by atoms with Crippen LogP contribution in [-0.4, -0.2) is 33.5 Å². The molecule has 0 amide bonds. The van der Waals surface area contributed by atoms with Crippen LogP contribution in [0.5, 0.6) is 0 Å². The number of ketones is 3. The van der Waals surface area contributed by atoms with Crippen molar-refractivity contribution in [1.82, 2.24) is 0 Å². The van der Waals surface area contributed by atoms with Gasteiger partial charge in [-0.25, -0.2) is 0 Å². The van der Waals surface area contributed by atoms with E-state index in [0.29, 0.717) is 6.42 Å². The summed E-state index contributed by atoms with van der Waals surface area (Å²) in [6, 6.07) is 0. The molecule has 116 valence electrons. The zero-order chi connectivity index (χ0) is 15.5. The zero-order valence-electron chi connectivity index (χ0n) is 13.4. The van der Waals surface area contributed by atoms with E-state index in [0.717, 1.165) is 0 Å². The van der Waals surface area contributed by atoms with E-state index >= 15 is 0 Å². The molecule has 0 saturated heterocycles. The highest BCUT2D eigenvalue weighted by atomic mass is 16.3. The lowest BCUT2D eigenvalue weighted by Crippen LogP contribution is -2.33. The molecule has 0 aromatic rings. The van der Waals surface area contributed by atoms with Crippen molar-refractivity contribution in [3.63, 3.8) is 0 Å². The maximum absolute atomic E-state index is 10.6. The van der Waals surface area contributed by atoms with Crippen molar-refractivity contribution in [2.45, 2.75) is 67.4 Å². The zero-order valence-corrected chi connectivity index (χ0v) is 13.4. The third-order valence-electron chi connectivity index (χ3n) is 2.17. The fourth-order valence-corrected chi connectivity index (χ4v) is 0.497. The van der Waals surface area contributed by atoms with Crippen molar-refractivity contribution in [1.29, 1.82) is 0 Å². The van der Waals surface area contributed by atoms with Crippen LogP contribution in [0.2, 0.25) is 0 Å². The van der Waals surface area contributed by atoms with Crippen LogP contribution in [0.4, 0.5) is 0 Å². The molecular weight excluding hydrogens is 248 g/mol. The highest BCUT2D eigenvalue weighted by Gasteiger charge is 2.25. The number of carbonyl (C=O) groups is 3. The van der Waals surface area contributed by atoms with Gasteiger partial charge in [-0.3, -0.25) is 4.79 Å². The van der Waals surface area contributed by atoms with Crippen LogP contribution in [0, 0.1) is 5.92 Å². The monoisotopic (exact) mass is 277 g/mol. The Morgan fingerprint density at radius 3 is 1.26 bits per heavy atom. The first-order valence-corrected chi connectivity index (χ1v) is 6.05. The molecule has 0 aromatic carbocycles. The Labute approximate surface area is 116 Å².